The number of alkyl halides is 3. The summed E-state index contributed by atoms with van der Waals surface area (Å²) in [6.45, 7) is 0.131. The lowest BCUT2D eigenvalue weighted by Gasteiger charge is -2.23. The highest BCUT2D eigenvalue weighted by atomic mass is 32.2. The number of nitrogens with one attached hydrogen (secondary N) is 1. The zero-order valence-corrected chi connectivity index (χ0v) is 17.0. The van der Waals surface area contributed by atoms with Gasteiger partial charge in [-0.05, 0) is 54.8 Å². The Hall–Kier alpha value is -2.66. The van der Waals surface area contributed by atoms with Gasteiger partial charge in [-0.15, -0.1) is 13.2 Å². The molecular weight excluding hydrogens is 440 g/mol. The third-order valence-corrected chi connectivity index (χ3v) is 6.05. The van der Waals surface area contributed by atoms with Crippen molar-refractivity contribution in [3.8, 4) is 5.75 Å². The maximum atomic E-state index is 13.1. The minimum atomic E-state index is -4.87. The molecule has 0 heterocycles. The van der Waals surface area contributed by atoms with Crippen LogP contribution in [0, 0.1) is 5.82 Å². The van der Waals surface area contributed by atoms with Gasteiger partial charge in [0.05, 0.1) is 4.90 Å². The van der Waals surface area contributed by atoms with Crippen LogP contribution in [-0.2, 0) is 21.4 Å². The Kier molecular flexibility index (Phi) is 6.85. The maximum absolute atomic E-state index is 13.1. The number of carbonyl (C=O) groups is 1. The largest absolute Gasteiger partial charge is 0.573 e. The van der Waals surface area contributed by atoms with Gasteiger partial charge in [0, 0.05) is 25.6 Å². The van der Waals surface area contributed by atoms with Crippen molar-refractivity contribution in [2.24, 2.45) is 0 Å². The summed E-state index contributed by atoms with van der Waals surface area (Å²) in [7, 11) is -4.01. The van der Waals surface area contributed by atoms with Gasteiger partial charge < -0.3 is 9.64 Å². The molecule has 1 amide bonds. The summed E-state index contributed by atoms with van der Waals surface area (Å²) in [6, 6.07) is 9.63. The standard InChI is InChI=1S/C20H20F4N2O4S/c21-15-3-1-14(2-4-15)13-26(16-5-6-16)19(27)11-12-25-31(28,29)18-9-7-17(8-10-18)30-20(22,23)24/h1-4,7-10,16,25H,5-6,11-13H2. The number of sulfonamides is 1. The summed E-state index contributed by atoms with van der Waals surface area (Å²) >= 11 is 0. The Morgan fingerprint density at radius 3 is 2.23 bits per heavy atom. The van der Waals surface area contributed by atoms with E-state index in [-0.39, 0.29) is 35.6 Å². The van der Waals surface area contributed by atoms with Crippen molar-refractivity contribution < 1.29 is 35.5 Å². The molecule has 0 aromatic heterocycles. The fraction of sp³-hybridized carbons (Fsp3) is 0.350. The lowest BCUT2D eigenvalue weighted by atomic mass is 10.2. The van der Waals surface area contributed by atoms with Crippen LogP contribution in [0.1, 0.15) is 24.8 Å². The van der Waals surface area contributed by atoms with Crippen molar-refractivity contribution in [1.29, 1.82) is 0 Å². The van der Waals surface area contributed by atoms with E-state index in [9.17, 15) is 30.8 Å². The van der Waals surface area contributed by atoms with Crippen LogP contribution >= 0.6 is 0 Å². The molecule has 1 fully saturated rings. The molecule has 2 aromatic rings. The van der Waals surface area contributed by atoms with Gasteiger partial charge in [0.1, 0.15) is 11.6 Å². The van der Waals surface area contributed by atoms with Crippen molar-refractivity contribution in [3.63, 3.8) is 0 Å². The first-order valence-corrected chi connectivity index (χ1v) is 10.9. The average Bonchev–Trinajstić information content (AvgIpc) is 3.51. The lowest BCUT2D eigenvalue weighted by molar-refractivity contribution is -0.274. The molecule has 0 atom stereocenters. The van der Waals surface area contributed by atoms with E-state index in [1.54, 1.807) is 17.0 Å². The van der Waals surface area contributed by atoms with Gasteiger partial charge >= 0.3 is 6.36 Å². The fourth-order valence-electron chi connectivity index (χ4n) is 2.93. The van der Waals surface area contributed by atoms with Crippen LogP contribution in [-0.4, -0.2) is 38.2 Å². The Morgan fingerprint density at radius 2 is 1.68 bits per heavy atom. The molecular formula is C20H20F4N2O4S. The van der Waals surface area contributed by atoms with Crippen molar-refractivity contribution in [2.45, 2.75) is 43.1 Å². The molecule has 2 aromatic carbocycles. The van der Waals surface area contributed by atoms with Gasteiger partial charge in [-0.25, -0.2) is 17.5 Å². The zero-order chi connectivity index (χ0) is 22.6. The number of hydrogen-bond donors (Lipinski definition) is 1. The molecule has 0 unspecified atom stereocenters. The van der Waals surface area contributed by atoms with E-state index in [0.29, 0.717) is 6.54 Å². The summed E-state index contributed by atoms with van der Waals surface area (Å²) in [6.07, 6.45) is -3.26. The second-order valence-corrected chi connectivity index (χ2v) is 8.81. The number of benzene rings is 2. The molecule has 0 aliphatic heterocycles. The summed E-state index contributed by atoms with van der Waals surface area (Å²) < 4.78 is 80.3. The molecule has 6 nitrogen and oxygen atoms in total. The highest BCUT2D eigenvalue weighted by Gasteiger charge is 2.33. The van der Waals surface area contributed by atoms with Gasteiger partial charge in [0.2, 0.25) is 15.9 Å². The molecule has 11 heteroatoms. The van der Waals surface area contributed by atoms with E-state index in [1.807, 2.05) is 0 Å². The van der Waals surface area contributed by atoms with E-state index >= 15 is 0 Å². The van der Waals surface area contributed by atoms with Crippen molar-refractivity contribution in [2.75, 3.05) is 6.54 Å². The lowest BCUT2D eigenvalue weighted by Crippen LogP contribution is -2.35. The van der Waals surface area contributed by atoms with Gasteiger partial charge in [-0.1, -0.05) is 12.1 Å². The second kappa shape index (κ2) is 9.23. The van der Waals surface area contributed by atoms with E-state index < -0.39 is 22.1 Å². The molecule has 0 radical (unpaired) electrons. The Labute approximate surface area is 176 Å². The summed E-state index contributed by atoms with van der Waals surface area (Å²) in [5, 5.41) is 0. The summed E-state index contributed by atoms with van der Waals surface area (Å²) in [4.78, 5) is 14.0. The first-order chi connectivity index (χ1) is 14.5. The Morgan fingerprint density at radius 1 is 1.06 bits per heavy atom. The number of rotatable bonds is 9. The Balaban J connectivity index is 1.55. The highest BCUT2D eigenvalue weighted by Crippen LogP contribution is 2.29. The number of ether oxygens (including phenoxy) is 1. The molecule has 1 N–H and O–H groups in total. The maximum Gasteiger partial charge on any atom is 0.573 e. The van der Waals surface area contributed by atoms with Gasteiger partial charge in [0.15, 0.2) is 0 Å². The average molecular weight is 460 g/mol. The van der Waals surface area contributed by atoms with Crippen molar-refractivity contribution in [1.82, 2.24) is 9.62 Å². The molecule has 0 bridgehead atoms. The second-order valence-electron chi connectivity index (χ2n) is 7.05. The number of hydrogen-bond acceptors (Lipinski definition) is 4. The van der Waals surface area contributed by atoms with Crippen LogP contribution in [0.4, 0.5) is 17.6 Å². The number of nitrogens with zero attached hydrogens (tertiary/aromatic N) is 1. The van der Waals surface area contributed by atoms with Gasteiger partial charge in [-0.2, -0.15) is 0 Å². The SMILES string of the molecule is O=C(CCNS(=O)(=O)c1ccc(OC(F)(F)F)cc1)N(Cc1ccc(F)cc1)C1CC1. The van der Waals surface area contributed by atoms with Gasteiger partial charge in [0.25, 0.3) is 0 Å². The topological polar surface area (TPSA) is 75.7 Å². The minimum absolute atomic E-state index is 0.0790. The normalized spacial score (nSPS) is 14.3. The molecule has 1 aliphatic carbocycles. The molecule has 0 spiro atoms. The predicted octanol–water partition coefficient (Wildman–Crippen LogP) is 3.58. The molecule has 168 valence electrons. The predicted molar refractivity (Wildman–Crippen MR) is 103 cm³/mol. The van der Waals surface area contributed by atoms with Crippen LogP contribution in [0.3, 0.4) is 0 Å². The summed E-state index contributed by atoms with van der Waals surface area (Å²) in [5.74, 6) is -1.16. The monoisotopic (exact) mass is 460 g/mol. The number of halogens is 4. The molecule has 1 saturated carbocycles. The van der Waals surface area contributed by atoms with Crippen molar-refractivity contribution in [3.05, 3.63) is 59.9 Å². The molecule has 31 heavy (non-hydrogen) atoms. The van der Waals surface area contributed by atoms with Crippen LogP contribution in [0.2, 0.25) is 0 Å². The third-order valence-electron chi connectivity index (χ3n) is 4.57. The highest BCUT2D eigenvalue weighted by molar-refractivity contribution is 7.89. The molecule has 3 rings (SSSR count). The Bertz CT molecular complexity index is 1000. The van der Waals surface area contributed by atoms with E-state index in [1.165, 1.54) is 12.1 Å². The van der Waals surface area contributed by atoms with Crippen molar-refractivity contribution >= 4 is 15.9 Å². The molecule has 0 saturated heterocycles. The van der Waals surface area contributed by atoms with E-state index in [2.05, 4.69) is 9.46 Å². The smallest absolute Gasteiger partial charge is 0.406 e. The minimum Gasteiger partial charge on any atom is -0.406 e. The third kappa shape index (κ3) is 6.93. The fourth-order valence-corrected chi connectivity index (χ4v) is 3.97. The molecule has 1 aliphatic rings. The quantitative estimate of drug-likeness (QED) is 0.581. The van der Waals surface area contributed by atoms with Crippen LogP contribution in [0.5, 0.6) is 5.75 Å². The number of carbonyl (C=O) groups excluding carboxylic acids is 1. The zero-order valence-electron chi connectivity index (χ0n) is 16.2. The van der Waals surface area contributed by atoms with Gasteiger partial charge in [-0.3, -0.25) is 4.79 Å². The first kappa shape index (κ1) is 23.0. The van der Waals surface area contributed by atoms with Crippen LogP contribution in [0.15, 0.2) is 53.4 Å². The first-order valence-electron chi connectivity index (χ1n) is 9.43. The number of amides is 1. The van der Waals surface area contributed by atoms with Crippen LogP contribution < -0.4 is 9.46 Å². The van der Waals surface area contributed by atoms with Crippen LogP contribution in [0.25, 0.3) is 0 Å². The van der Waals surface area contributed by atoms with E-state index in [4.69, 9.17) is 0 Å². The summed E-state index contributed by atoms with van der Waals surface area (Å²) in [5.41, 5.74) is 0.767. The van der Waals surface area contributed by atoms with E-state index in [0.717, 1.165) is 42.7 Å².